The first kappa shape index (κ1) is 12.7. The van der Waals surface area contributed by atoms with Gasteiger partial charge >= 0.3 is 0 Å². The smallest absolute Gasteiger partial charge is 0.159 e. The molecule has 0 bridgehead atoms. The summed E-state index contributed by atoms with van der Waals surface area (Å²) in [7, 11) is 0. The SMILES string of the molecule is CC(=O)c1ccc(-c2ccc(C#CC3CC3)cc2)cc1. The number of Topliss-reactive ketones (excluding diaryl/α,β-unsaturated/α-hetero) is 1. The molecule has 0 aromatic heterocycles. The molecule has 0 spiro atoms. The Labute approximate surface area is 119 Å². The van der Waals surface area contributed by atoms with Crippen molar-refractivity contribution in [2.45, 2.75) is 19.8 Å². The Morgan fingerprint density at radius 1 is 0.950 bits per heavy atom. The van der Waals surface area contributed by atoms with Crippen LogP contribution in [-0.2, 0) is 0 Å². The number of hydrogen-bond acceptors (Lipinski definition) is 1. The van der Waals surface area contributed by atoms with Gasteiger partial charge in [0.15, 0.2) is 5.78 Å². The number of benzene rings is 2. The third-order valence-electron chi connectivity index (χ3n) is 3.51. The topological polar surface area (TPSA) is 17.1 Å². The summed E-state index contributed by atoms with van der Waals surface area (Å²) < 4.78 is 0. The Hall–Kier alpha value is -2.33. The fraction of sp³-hybridized carbons (Fsp3) is 0.211. The second-order valence-corrected chi connectivity index (χ2v) is 5.25. The summed E-state index contributed by atoms with van der Waals surface area (Å²) in [5.74, 6) is 7.21. The lowest BCUT2D eigenvalue weighted by molar-refractivity contribution is 0.101. The second-order valence-electron chi connectivity index (χ2n) is 5.25. The van der Waals surface area contributed by atoms with Crippen molar-refractivity contribution < 1.29 is 4.79 Å². The fourth-order valence-electron chi connectivity index (χ4n) is 2.06. The van der Waals surface area contributed by atoms with E-state index in [-0.39, 0.29) is 5.78 Å². The van der Waals surface area contributed by atoms with Crippen LogP contribution in [0.25, 0.3) is 11.1 Å². The van der Waals surface area contributed by atoms with Gasteiger partial charge in [-0.25, -0.2) is 0 Å². The third-order valence-corrected chi connectivity index (χ3v) is 3.51. The van der Waals surface area contributed by atoms with E-state index < -0.39 is 0 Å². The van der Waals surface area contributed by atoms with Gasteiger partial charge in [0.05, 0.1) is 0 Å². The van der Waals surface area contributed by atoms with Gasteiger partial charge in [0.1, 0.15) is 0 Å². The average Bonchev–Trinajstić information content (AvgIpc) is 3.30. The van der Waals surface area contributed by atoms with E-state index in [9.17, 15) is 4.79 Å². The van der Waals surface area contributed by atoms with Crippen LogP contribution in [0, 0.1) is 17.8 Å². The lowest BCUT2D eigenvalue weighted by Gasteiger charge is -2.03. The van der Waals surface area contributed by atoms with Crippen molar-refractivity contribution in [1.82, 2.24) is 0 Å². The summed E-state index contributed by atoms with van der Waals surface area (Å²) in [6, 6.07) is 16.0. The minimum absolute atomic E-state index is 0.0993. The van der Waals surface area contributed by atoms with E-state index in [1.165, 1.54) is 12.8 Å². The predicted octanol–water partition coefficient (Wildman–Crippen LogP) is 4.32. The number of hydrogen-bond donors (Lipinski definition) is 0. The molecule has 0 heterocycles. The quantitative estimate of drug-likeness (QED) is 0.580. The molecule has 0 radical (unpaired) electrons. The van der Waals surface area contributed by atoms with E-state index in [1.807, 2.05) is 24.3 Å². The molecule has 1 heteroatoms. The summed E-state index contributed by atoms with van der Waals surface area (Å²) >= 11 is 0. The van der Waals surface area contributed by atoms with Crippen molar-refractivity contribution >= 4 is 5.78 Å². The summed E-state index contributed by atoms with van der Waals surface area (Å²) in [5, 5.41) is 0. The maximum atomic E-state index is 11.3. The molecule has 1 fully saturated rings. The van der Waals surface area contributed by atoms with Crippen LogP contribution < -0.4 is 0 Å². The van der Waals surface area contributed by atoms with Gasteiger partial charge in [-0.1, -0.05) is 48.2 Å². The van der Waals surface area contributed by atoms with Crippen molar-refractivity contribution in [3.8, 4) is 23.0 Å². The second kappa shape index (κ2) is 5.35. The highest BCUT2D eigenvalue weighted by Gasteiger charge is 2.17. The maximum absolute atomic E-state index is 11.3. The van der Waals surface area contributed by atoms with Crippen molar-refractivity contribution in [3.05, 3.63) is 59.7 Å². The van der Waals surface area contributed by atoms with Crippen LogP contribution in [0.3, 0.4) is 0 Å². The van der Waals surface area contributed by atoms with Crippen LogP contribution in [0.1, 0.15) is 35.7 Å². The molecule has 1 aliphatic carbocycles. The van der Waals surface area contributed by atoms with Crippen LogP contribution in [0.4, 0.5) is 0 Å². The minimum atomic E-state index is 0.0993. The Bertz CT molecular complexity index is 677. The molecule has 1 aliphatic rings. The zero-order valence-corrected chi connectivity index (χ0v) is 11.5. The van der Waals surface area contributed by atoms with E-state index in [0.717, 1.165) is 22.3 Å². The molecule has 20 heavy (non-hydrogen) atoms. The molecule has 1 nitrogen and oxygen atoms in total. The first-order chi connectivity index (χ1) is 9.72. The van der Waals surface area contributed by atoms with Crippen LogP contribution in [0.15, 0.2) is 48.5 Å². The van der Waals surface area contributed by atoms with Gasteiger partial charge in [0, 0.05) is 17.0 Å². The van der Waals surface area contributed by atoms with Gasteiger partial charge in [-0.3, -0.25) is 4.79 Å². The third kappa shape index (κ3) is 2.97. The Balaban J connectivity index is 1.80. The standard InChI is InChI=1S/C19H16O/c1-14(20)17-10-12-19(13-11-17)18-8-6-16(7-9-18)5-4-15-2-3-15/h6-13,15H,2-3H2,1H3. The summed E-state index contributed by atoms with van der Waals surface area (Å²) in [6.07, 6.45) is 2.52. The number of ketones is 1. The largest absolute Gasteiger partial charge is 0.295 e. The molecule has 2 aromatic carbocycles. The van der Waals surface area contributed by atoms with Crippen LogP contribution in [0.2, 0.25) is 0 Å². The molecule has 1 saturated carbocycles. The number of carbonyl (C=O) groups is 1. The van der Waals surface area contributed by atoms with Crippen molar-refractivity contribution in [2.24, 2.45) is 5.92 Å². The molecule has 2 aromatic rings. The molecule has 0 saturated heterocycles. The molecule has 98 valence electrons. The van der Waals surface area contributed by atoms with Crippen molar-refractivity contribution in [3.63, 3.8) is 0 Å². The Kier molecular flexibility index (Phi) is 3.39. The summed E-state index contributed by atoms with van der Waals surface area (Å²) in [4.78, 5) is 11.3. The highest BCUT2D eigenvalue weighted by atomic mass is 16.1. The van der Waals surface area contributed by atoms with E-state index >= 15 is 0 Å². The molecule has 0 atom stereocenters. The lowest BCUT2D eigenvalue weighted by Crippen LogP contribution is -1.90. The highest BCUT2D eigenvalue weighted by molar-refractivity contribution is 5.94. The summed E-state index contributed by atoms with van der Waals surface area (Å²) in [6.45, 7) is 1.59. The van der Waals surface area contributed by atoms with Gasteiger partial charge in [0.2, 0.25) is 0 Å². The number of carbonyl (C=O) groups excluding carboxylic acids is 1. The van der Waals surface area contributed by atoms with E-state index in [2.05, 4.69) is 36.1 Å². The summed E-state index contributed by atoms with van der Waals surface area (Å²) in [5.41, 5.74) is 4.09. The first-order valence-corrected chi connectivity index (χ1v) is 6.95. The molecular weight excluding hydrogens is 244 g/mol. The van der Waals surface area contributed by atoms with Gasteiger partial charge in [-0.05, 0) is 43.0 Å². The molecule has 0 aliphatic heterocycles. The fourth-order valence-corrected chi connectivity index (χ4v) is 2.06. The molecule has 3 rings (SSSR count). The Morgan fingerprint density at radius 2 is 1.50 bits per heavy atom. The van der Waals surface area contributed by atoms with Gasteiger partial charge in [-0.2, -0.15) is 0 Å². The van der Waals surface area contributed by atoms with E-state index in [1.54, 1.807) is 6.92 Å². The maximum Gasteiger partial charge on any atom is 0.159 e. The molecule has 0 N–H and O–H groups in total. The predicted molar refractivity (Wildman–Crippen MR) is 81.5 cm³/mol. The molecular formula is C19H16O. The van der Waals surface area contributed by atoms with Crippen LogP contribution >= 0.6 is 0 Å². The highest BCUT2D eigenvalue weighted by Crippen LogP contribution is 2.27. The zero-order chi connectivity index (χ0) is 13.9. The first-order valence-electron chi connectivity index (χ1n) is 6.95. The van der Waals surface area contributed by atoms with Gasteiger partial charge in [0.25, 0.3) is 0 Å². The van der Waals surface area contributed by atoms with Crippen molar-refractivity contribution in [2.75, 3.05) is 0 Å². The molecule has 0 amide bonds. The van der Waals surface area contributed by atoms with E-state index in [4.69, 9.17) is 0 Å². The minimum Gasteiger partial charge on any atom is -0.295 e. The van der Waals surface area contributed by atoms with Crippen LogP contribution in [-0.4, -0.2) is 5.78 Å². The van der Waals surface area contributed by atoms with Gasteiger partial charge < -0.3 is 0 Å². The normalized spacial score (nSPS) is 13.4. The molecule has 0 unspecified atom stereocenters. The van der Waals surface area contributed by atoms with Crippen molar-refractivity contribution in [1.29, 1.82) is 0 Å². The van der Waals surface area contributed by atoms with E-state index in [0.29, 0.717) is 5.92 Å². The average molecular weight is 260 g/mol. The number of rotatable bonds is 2. The zero-order valence-electron chi connectivity index (χ0n) is 11.5. The lowest BCUT2D eigenvalue weighted by atomic mass is 10.0. The monoisotopic (exact) mass is 260 g/mol. The van der Waals surface area contributed by atoms with Gasteiger partial charge in [-0.15, -0.1) is 0 Å². The van der Waals surface area contributed by atoms with Crippen LogP contribution in [0.5, 0.6) is 0 Å². The Morgan fingerprint density at radius 3 is 2.00 bits per heavy atom.